The number of hydrogen-bond donors (Lipinski definition) is 2. The van der Waals surface area contributed by atoms with E-state index in [1.54, 1.807) is 0 Å². The lowest BCUT2D eigenvalue weighted by molar-refractivity contribution is -0.116. The van der Waals surface area contributed by atoms with Crippen LogP contribution >= 0.6 is 11.8 Å². The summed E-state index contributed by atoms with van der Waals surface area (Å²) in [6, 6.07) is 32.3. The Hall–Kier alpha value is -4.36. The van der Waals surface area contributed by atoms with Crippen LogP contribution in [0.4, 0.5) is 11.4 Å². The molecule has 1 heterocycles. The van der Waals surface area contributed by atoms with Crippen LogP contribution in [0.25, 0.3) is 22.6 Å². The highest BCUT2D eigenvalue weighted by Crippen LogP contribution is 2.29. The van der Waals surface area contributed by atoms with Gasteiger partial charge in [-0.15, -0.1) is 11.8 Å². The topological polar surface area (TPSA) is 84.2 Å². The van der Waals surface area contributed by atoms with Gasteiger partial charge in [0.2, 0.25) is 17.7 Å². The molecule has 0 aliphatic rings. The van der Waals surface area contributed by atoms with Gasteiger partial charge in [-0.25, -0.2) is 4.98 Å². The number of carbonyl (C=O) groups excluding carboxylic acids is 2. The lowest BCUT2D eigenvalue weighted by Crippen LogP contribution is -2.24. The van der Waals surface area contributed by atoms with Crippen LogP contribution in [0.2, 0.25) is 0 Å². The third-order valence-corrected chi connectivity index (χ3v) is 7.32. The molecular weight excluding hydrogens is 494 g/mol. The molecule has 6 nitrogen and oxygen atoms in total. The number of thioether (sulfide) groups is 1. The second-order valence-corrected chi connectivity index (χ2v) is 10.1. The molecule has 38 heavy (non-hydrogen) atoms. The van der Waals surface area contributed by atoms with Gasteiger partial charge in [0, 0.05) is 21.8 Å². The molecule has 0 saturated heterocycles. The number of nitrogens with one attached hydrogen (secondary N) is 2. The van der Waals surface area contributed by atoms with Gasteiger partial charge in [0.25, 0.3) is 0 Å². The van der Waals surface area contributed by atoms with Crippen LogP contribution in [-0.2, 0) is 16.0 Å². The minimum atomic E-state index is -0.290. The third kappa shape index (κ3) is 6.30. The zero-order valence-electron chi connectivity index (χ0n) is 20.9. The van der Waals surface area contributed by atoms with E-state index in [0.717, 1.165) is 27.1 Å². The van der Waals surface area contributed by atoms with Crippen molar-refractivity contribution in [3.05, 3.63) is 109 Å². The van der Waals surface area contributed by atoms with Crippen LogP contribution in [0, 0.1) is 0 Å². The highest BCUT2D eigenvalue weighted by atomic mass is 32.2. The zero-order chi connectivity index (χ0) is 26.3. The molecule has 0 saturated carbocycles. The van der Waals surface area contributed by atoms with Gasteiger partial charge in [0.1, 0.15) is 5.52 Å². The molecule has 0 spiro atoms. The van der Waals surface area contributed by atoms with Crippen molar-refractivity contribution < 1.29 is 14.0 Å². The van der Waals surface area contributed by atoms with Crippen molar-refractivity contribution >= 4 is 46.1 Å². The lowest BCUT2D eigenvalue weighted by Gasteiger charge is -2.15. The molecule has 0 fully saturated rings. The average Bonchev–Trinajstić information content (AvgIpc) is 3.37. The average molecular weight is 522 g/mol. The Morgan fingerprint density at radius 2 is 1.61 bits per heavy atom. The molecule has 2 amide bonds. The minimum absolute atomic E-state index is 0.0781. The monoisotopic (exact) mass is 521 g/mol. The predicted octanol–water partition coefficient (Wildman–Crippen LogP) is 7.19. The Bertz CT molecular complexity index is 1520. The maximum absolute atomic E-state index is 13.1. The Kier molecular flexibility index (Phi) is 7.85. The SMILES string of the molecule is CCC(Sc1cccc(NC(=O)Cc2ccccc2)c1)C(=O)Nc1ccc(-c2nc3ccccc3o2)cc1. The predicted molar refractivity (Wildman–Crippen MR) is 153 cm³/mol. The molecular formula is C31H27N3O3S. The number of amides is 2. The normalized spacial score (nSPS) is 11.7. The first-order valence-electron chi connectivity index (χ1n) is 12.4. The summed E-state index contributed by atoms with van der Waals surface area (Å²) in [6.45, 7) is 1.99. The molecule has 0 aliphatic carbocycles. The summed E-state index contributed by atoms with van der Waals surface area (Å²) in [5.41, 5.74) is 4.76. The van der Waals surface area contributed by atoms with Gasteiger partial charge in [-0.05, 0) is 66.6 Å². The van der Waals surface area contributed by atoms with Crippen LogP contribution in [-0.4, -0.2) is 22.0 Å². The maximum Gasteiger partial charge on any atom is 0.237 e. The number of rotatable bonds is 9. The summed E-state index contributed by atoms with van der Waals surface area (Å²) in [7, 11) is 0. The summed E-state index contributed by atoms with van der Waals surface area (Å²) in [6.07, 6.45) is 0.964. The molecule has 5 aromatic rings. The second-order valence-electron chi connectivity index (χ2n) is 8.81. The van der Waals surface area contributed by atoms with E-state index in [4.69, 9.17) is 4.42 Å². The number of para-hydroxylation sites is 2. The molecule has 1 aromatic heterocycles. The number of oxazole rings is 1. The van der Waals surface area contributed by atoms with Crippen molar-refractivity contribution in [2.75, 3.05) is 10.6 Å². The van der Waals surface area contributed by atoms with Crippen LogP contribution in [0.15, 0.2) is 112 Å². The summed E-state index contributed by atoms with van der Waals surface area (Å²) < 4.78 is 5.83. The van der Waals surface area contributed by atoms with E-state index in [-0.39, 0.29) is 17.1 Å². The molecule has 0 bridgehead atoms. The van der Waals surface area contributed by atoms with Gasteiger partial charge < -0.3 is 15.1 Å². The molecule has 0 radical (unpaired) electrons. The molecule has 190 valence electrons. The van der Waals surface area contributed by atoms with Gasteiger partial charge in [-0.3, -0.25) is 9.59 Å². The maximum atomic E-state index is 13.1. The molecule has 2 N–H and O–H groups in total. The van der Waals surface area contributed by atoms with Crippen LogP contribution in [0.5, 0.6) is 0 Å². The molecule has 0 aliphatic heterocycles. The Morgan fingerprint density at radius 3 is 2.37 bits per heavy atom. The zero-order valence-corrected chi connectivity index (χ0v) is 21.7. The first kappa shape index (κ1) is 25.3. The fraction of sp³-hybridized carbons (Fsp3) is 0.129. The first-order valence-corrected chi connectivity index (χ1v) is 13.3. The van der Waals surface area contributed by atoms with Crippen molar-refractivity contribution in [2.24, 2.45) is 0 Å². The first-order chi connectivity index (χ1) is 18.6. The van der Waals surface area contributed by atoms with Crippen molar-refractivity contribution in [1.29, 1.82) is 0 Å². The highest BCUT2D eigenvalue weighted by molar-refractivity contribution is 8.00. The number of hydrogen-bond acceptors (Lipinski definition) is 5. The number of carbonyl (C=O) groups is 2. The Morgan fingerprint density at radius 1 is 0.842 bits per heavy atom. The molecule has 4 aromatic carbocycles. The van der Waals surface area contributed by atoms with Crippen molar-refractivity contribution in [1.82, 2.24) is 4.98 Å². The van der Waals surface area contributed by atoms with Gasteiger partial charge in [-0.2, -0.15) is 0 Å². The largest absolute Gasteiger partial charge is 0.436 e. The van der Waals surface area contributed by atoms with Crippen LogP contribution < -0.4 is 10.6 Å². The van der Waals surface area contributed by atoms with Crippen LogP contribution in [0.3, 0.4) is 0 Å². The lowest BCUT2D eigenvalue weighted by atomic mass is 10.1. The van der Waals surface area contributed by atoms with Crippen LogP contribution in [0.1, 0.15) is 18.9 Å². The van der Waals surface area contributed by atoms with Gasteiger partial charge in [-0.1, -0.05) is 55.5 Å². The summed E-state index contributed by atoms with van der Waals surface area (Å²) in [5.74, 6) is 0.386. The van der Waals surface area contributed by atoms with Gasteiger partial charge in [0.05, 0.1) is 11.7 Å². The highest BCUT2D eigenvalue weighted by Gasteiger charge is 2.19. The summed E-state index contributed by atoms with van der Waals surface area (Å²) in [5, 5.41) is 5.67. The van der Waals surface area contributed by atoms with Crippen molar-refractivity contribution in [3.63, 3.8) is 0 Å². The number of anilines is 2. The van der Waals surface area contributed by atoms with Crippen molar-refractivity contribution in [2.45, 2.75) is 29.9 Å². The van der Waals surface area contributed by atoms with E-state index in [0.29, 0.717) is 30.1 Å². The van der Waals surface area contributed by atoms with E-state index in [1.807, 2.05) is 110 Å². The smallest absolute Gasteiger partial charge is 0.237 e. The molecule has 5 rings (SSSR count). The molecule has 1 unspecified atom stereocenters. The molecule has 1 atom stereocenters. The summed E-state index contributed by atoms with van der Waals surface area (Å²) in [4.78, 5) is 30.9. The van der Waals surface area contributed by atoms with E-state index in [2.05, 4.69) is 15.6 Å². The fourth-order valence-electron chi connectivity index (χ4n) is 4.03. The number of aromatic nitrogens is 1. The fourth-order valence-corrected chi connectivity index (χ4v) is 5.05. The van der Waals surface area contributed by atoms with E-state index < -0.39 is 0 Å². The van der Waals surface area contributed by atoms with E-state index >= 15 is 0 Å². The third-order valence-electron chi connectivity index (χ3n) is 5.96. The van der Waals surface area contributed by atoms with E-state index in [1.165, 1.54) is 11.8 Å². The minimum Gasteiger partial charge on any atom is -0.436 e. The number of fused-ring (bicyclic) bond motifs is 1. The number of benzene rings is 4. The molecule has 7 heteroatoms. The van der Waals surface area contributed by atoms with Gasteiger partial charge >= 0.3 is 0 Å². The second kappa shape index (κ2) is 11.8. The Balaban J connectivity index is 1.19. The number of nitrogens with zero attached hydrogens (tertiary/aromatic N) is 1. The Labute approximate surface area is 225 Å². The van der Waals surface area contributed by atoms with Gasteiger partial charge in [0.15, 0.2) is 5.58 Å². The van der Waals surface area contributed by atoms with Crippen molar-refractivity contribution in [3.8, 4) is 11.5 Å². The quantitative estimate of drug-likeness (QED) is 0.201. The van der Waals surface area contributed by atoms with E-state index in [9.17, 15) is 9.59 Å². The standard InChI is InChI=1S/C31H27N3O3S/c1-2-28(38-25-12-8-11-24(20-25)32-29(35)19-21-9-4-3-5-10-21)30(36)33-23-17-15-22(16-18-23)31-34-26-13-6-7-14-27(26)37-31/h3-18,20,28H,2,19H2,1H3,(H,32,35)(H,33,36). The summed E-state index contributed by atoms with van der Waals surface area (Å²) >= 11 is 1.48.